The highest BCUT2D eigenvalue weighted by molar-refractivity contribution is 5.46. The predicted molar refractivity (Wildman–Crippen MR) is 63.3 cm³/mol. The Kier molecular flexibility index (Phi) is 3.56. The van der Waals surface area contributed by atoms with E-state index >= 15 is 0 Å². The van der Waals surface area contributed by atoms with Crippen molar-refractivity contribution in [3.05, 3.63) is 24.0 Å². The van der Waals surface area contributed by atoms with Crippen LogP contribution < -0.4 is 10.2 Å². The van der Waals surface area contributed by atoms with E-state index in [1.165, 1.54) is 17.7 Å². The molecule has 2 heterocycles. The van der Waals surface area contributed by atoms with Crippen LogP contribution in [-0.4, -0.2) is 31.2 Å². The fourth-order valence-electron chi connectivity index (χ4n) is 1.94. The van der Waals surface area contributed by atoms with Crippen LogP contribution in [-0.2, 0) is 6.42 Å². The van der Waals surface area contributed by atoms with Gasteiger partial charge in [0.05, 0.1) is 11.9 Å². The third-order valence-corrected chi connectivity index (χ3v) is 2.89. The van der Waals surface area contributed by atoms with Gasteiger partial charge in [0.2, 0.25) is 0 Å². The first-order valence-electron chi connectivity index (χ1n) is 5.79. The number of anilines is 1. The Bertz CT molecular complexity index is 303. The second-order valence-electron chi connectivity index (χ2n) is 4.00. The Morgan fingerprint density at radius 3 is 3.13 bits per heavy atom. The SMILES string of the molecule is CCc1cncc(N2CCCNCC2)c1. The molecule has 0 spiro atoms. The molecule has 0 bridgehead atoms. The average molecular weight is 205 g/mol. The molecule has 1 aliphatic rings. The van der Waals surface area contributed by atoms with Gasteiger partial charge in [0.1, 0.15) is 0 Å². The Morgan fingerprint density at radius 2 is 2.27 bits per heavy atom. The molecule has 0 atom stereocenters. The molecule has 2 rings (SSSR count). The molecular formula is C12H19N3. The third kappa shape index (κ3) is 2.69. The first-order chi connectivity index (χ1) is 7.40. The summed E-state index contributed by atoms with van der Waals surface area (Å²) in [5.74, 6) is 0. The summed E-state index contributed by atoms with van der Waals surface area (Å²) in [5.41, 5.74) is 2.60. The van der Waals surface area contributed by atoms with Crippen LogP contribution >= 0.6 is 0 Å². The monoisotopic (exact) mass is 205 g/mol. The maximum Gasteiger partial charge on any atom is 0.0555 e. The Hall–Kier alpha value is -1.09. The van der Waals surface area contributed by atoms with Crippen LogP contribution in [0.15, 0.2) is 18.5 Å². The number of nitrogens with one attached hydrogen (secondary N) is 1. The van der Waals surface area contributed by atoms with Crippen LogP contribution in [0.4, 0.5) is 5.69 Å². The highest BCUT2D eigenvalue weighted by atomic mass is 15.2. The minimum atomic E-state index is 1.06. The number of aromatic nitrogens is 1. The Labute approximate surface area is 91.5 Å². The van der Waals surface area contributed by atoms with E-state index in [1.807, 2.05) is 12.4 Å². The Morgan fingerprint density at radius 1 is 1.33 bits per heavy atom. The van der Waals surface area contributed by atoms with Crippen molar-refractivity contribution in [1.29, 1.82) is 0 Å². The summed E-state index contributed by atoms with van der Waals surface area (Å²) in [6.45, 7) is 6.62. The largest absolute Gasteiger partial charge is 0.369 e. The number of pyridine rings is 1. The molecule has 15 heavy (non-hydrogen) atoms. The lowest BCUT2D eigenvalue weighted by Gasteiger charge is -2.22. The predicted octanol–water partition coefficient (Wildman–Crippen LogP) is 1.44. The summed E-state index contributed by atoms with van der Waals surface area (Å²) < 4.78 is 0. The van der Waals surface area contributed by atoms with Gasteiger partial charge in [0.25, 0.3) is 0 Å². The molecule has 0 amide bonds. The molecule has 82 valence electrons. The van der Waals surface area contributed by atoms with Crippen LogP contribution in [0.5, 0.6) is 0 Å². The summed E-state index contributed by atoms with van der Waals surface area (Å²) in [6.07, 6.45) is 6.22. The molecule has 1 aromatic rings. The lowest BCUT2D eigenvalue weighted by Crippen LogP contribution is -2.27. The van der Waals surface area contributed by atoms with Crippen LogP contribution in [0.25, 0.3) is 0 Å². The van der Waals surface area contributed by atoms with Gasteiger partial charge in [-0.3, -0.25) is 4.98 Å². The van der Waals surface area contributed by atoms with E-state index in [2.05, 4.69) is 28.2 Å². The van der Waals surface area contributed by atoms with Crippen LogP contribution in [0.3, 0.4) is 0 Å². The van der Waals surface area contributed by atoms with Crippen molar-refractivity contribution >= 4 is 5.69 Å². The number of hydrogen-bond donors (Lipinski definition) is 1. The van der Waals surface area contributed by atoms with Gasteiger partial charge in [-0.15, -0.1) is 0 Å². The Balaban J connectivity index is 2.12. The molecule has 0 saturated carbocycles. The maximum absolute atomic E-state index is 4.30. The van der Waals surface area contributed by atoms with Gasteiger partial charge in [-0.2, -0.15) is 0 Å². The minimum Gasteiger partial charge on any atom is -0.369 e. The van der Waals surface area contributed by atoms with E-state index in [1.54, 1.807) is 0 Å². The number of aryl methyl sites for hydroxylation is 1. The van der Waals surface area contributed by atoms with Crippen molar-refractivity contribution < 1.29 is 0 Å². The van der Waals surface area contributed by atoms with Crippen LogP contribution in [0, 0.1) is 0 Å². The first kappa shape index (κ1) is 10.4. The molecular weight excluding hydrogens is 186 g/mol. The zero-order valence-electron chi connectivity index (χ0n) is 9.37. The van der Waals surface area contributed by atoms with Crippen molar-refractivity contribution in [2.45, 2.75) is 19.8 Å². The second-order valence-corrected chi connectivity index (χ2v) is 4.00. The number of nitrogens with zero attached hydrogens (tertiary/aromatic N) is 2. The number of hydrogen-bond acceptors (Lipinski definition) is 3. The summed E-state index contributed by atoms with van der Waals surface area (Å²) in [7, 11) is 0. The van der Waals surface area contributed by atoms with Gasteiger partial charge in [0, 0.05) is 25.8 Å². The van der Waals surface area contributed by atoms with E-state index in [0.29, 0.717) is 0 Å². The van der Waals surface area contributed by atoms with Crippen LogP contribution in [0.2, 0.25) is 0 Å². The third-order valence-electron chi connectivity index (χ3n) is 2.89. The molecule has 0 unspecified atom stereocenters. The van der Waals surface area contributed by atoms with Gasteiger partial charge < -0.3 is 10.2 Å². The van der Waals surface area contributed by atoms with Crippen molar-refractivity contribution in [2.75, 3.05) is 31.1 Å². The molecule has 3 nitrogen and oxygen atoms in total. The topological polar surface area (TPSA) is 28.2 Å². The molecule has 1 N–H and O–H groups in total. The minimum absolute atomic E-state index is 1.06. The van der Waals surface area contributed by atoms with Gasteiger partial charge in [-0.25, -0.2) is 0 Å². The molecule has 3 heteroatoms. The summed E-state index contributed by atoms with van der Waals surface area (Å²) in [4.78, 5) is 6.72. The molecule has 1 aromatic heterocycles. The molecule has 1 saturated heterocycles. The maximum atomic E-state index is 4.30. The standard InChI is InChI=1S/C12H19N3/c1-2-11-8-12(10-14-9-11)15-6-3-4-13-5-7-15/h8-10,13H,2-7H2,1H3. The van der Waals surface area contributed by atoms with Gasteiger partial charge in [-0.1, -0.05) is 6.92 Å². The fraction of sp³-hybridized carbons (Fsp3) is 0.583. The highest BCUT2D eigenvalue weighted by Gasteiger charge is 2.09. The fourth-order valence-corrected chi connectivity index (χ4v) is 1.94. The average Bonchev–Trinajstić information content (AvgIpc) is 2.58. The van der Waals surface area contributed by atoms with Crippen molar-refractivity contribution in [3.63, 3.8) is 0 Å². The van der Waals surface area contributed by atoms with E-state index < -0.39 is 0 Å². The first-order valence-corrected chi connectivity index (χ1v) is 5.79. The summed E-state index contributed by atoms with van der Waals surface area (Å²) in [5, 5.41) is 3.41. The van der Waals surface area contributed by atoms with E-state index in [-0.39, 0.29) is 0 Å². The van der Waals surface area contributed by atoms with Gasteiger partial charge in [-0.05, 0) is 31.0 Å². The van der Waals surface area contributed by atoms with Gasteiger partial charge >= 0.3 is 0 Å². The van der Waals surface area contributed by atoms with Crippen molar-refractivity contribution in [3.8, 4) is 0 Å². The highest BCUT2D eigenvalue weighted by Crippen LogP contribution is 2.15. The molecule has 0 aromatic carbocycles. The lowest BCUT2D eigenvalue weighted by atomic mass is 10.2. The van der Waals surface area contributed by atoms with E-state index in [4.69, 9.17) is 0 Å². The zero-order chi connectivity index (χ0) is 10.5. The number of rotatable bonds is 2. The van der Waals surface area contributed by atoms with E-state index in [9.17, 15) is 0 Å². The molecule has 1 aliphatic heterocycles. The quantitative estimate of drug-likeness (QED) is 0.792. The van der Waals surface area contributed by atoms with Crippen molar-refractivity contribution in [2.24, 2.45) is 0 Å². The molecule has 0 radical (unpaired) electrons. The zero-order valence-corrected chi connectivity index (χ0v) is 9.37. The summed E-state index contributed by atoms with van der Waals surface area (Å²) in [6, 6.07) is 2.26. The van der Waals surface area contributed by atoms with Crippen LogP contribution in [0.1, 0.15) is 18.9 Å². The normalized spacial score (nSPS) is 17.5. The lowest BCUT2D eigenvalue weighted by molar-refractivity contribution is 0.724. The smallest absolute Gasteiger partial charge is 0.0555 e. The summed E-state index contributed by atoms with van der Waals surface area (Å²) >= 11 is 0. The van der Waals surface area contributed by atoms with E-state index in [0.717, 1.165) is 32.6 Å². The second kappa shape index (κ2) is 5.12. The molecule has 0 aliphatic carbocycles. The molecule has 1 fully saturated rings. The van der Waals surface area contributed by atoms with Crippen molar-refractivity contribution in [1.82, 2.24) is 10.3 Å². The van der Waals surface area contributed by atoms with Gasteiger partial charge in [0.15, 0.2) is 0 Å².